The third-order valence-electron chi connectivity index (χ3n) is 4.55. The van der Waals surface area contributed by atoms with Crippen molar-refractivity contribution in [3.8, 4) is 0 Å². The molecule has 1 aliphatic carbocycles. The van der Waals surface area contributed by atoms with E-state index in [0.29, 0.717) is 6.04 Å². The van der Waals surface area contributed by atoms with E-state index in [1.807, 2.05) is 0 Å². The number of benzene rings is 1. The van der Waals surface area contributed by atoms with Crippen LogP contribution < -0.4 is 5.32 Å². The van der Waals surface area contributed by atoms with Crippen LogP contribution in [0.4, 0.5) is 0 Å². The Kier molecular flexibility index (Phi) is 7.14. The summed E-state index contributed by atoms with van der Waals surface area (Å²) in [6, 6.07) is 9.55. The quantitative estimate of drug-likeness (QED) is 0.562. The maximum absolute atomic E-state index is 3.75. The highest BCUT2D eigenvalue weighted by molar-refractivity contribution is 5.34. The zero-order chi connectivity index (χ0) is 14.0. The fourth-order valence-corrected chi connectivity index (χ4v) is 3.30. The third kappa shape index (κ3) is 4.94. The molecule has 0 saturated heterocycles. The molecule has 1 nitrogen and oxygen atoms in total. The Bertz CT molecular complexity index is 372. The molecule has 0 aromatic heterocycles. The summed E-state index contributed by atoms with van der Waals surface area (Å²) in [5, 5.41) is 3.75. The first-order valence-electron chi connectivity index (χ1n) is 8.73. The molecule has 1 atom stereocenters. The average Bonchev–Trinajstić information content (AvgIpc) is 2.89. The van der Waals surface area contributed by atoms with E-state index in [2.05, 4.69) is 36.5 Å². The molecular weight excluding hydrogens is 242 g/mol. The van der Waals surface area contributed by atoms with Gasteiger partial charge in [0.25, 0.3) is 0 Å². The van der Waals surface area contributed by atoms with Crippen LogP contribution in [0.15, 0.2) is 24.3 Å². The van der Waals surface area contributed by atoms with Crippen LogP contribution in [-0.4, -0.2) is 6.54 Å². The number of fused-ring (bicyclic) bond motifs is 1. The molecule has 20 heavy (non-hydrogen) atoms. The normalized spacial score (nSPS) is 17.4. The fraction of sp³-hybridized carbons (Fsp3) is 0.684. The van der Waals surface area contributed by atoms with Crippen molar-refractivity contribution in [2.75, 3.05) is 6.54 Å². The minimum atomic E-state index is 0.621. The maximum Gasteiger partial charge on any atom is 0.0326 e. The molecule has 0 fully saturated rings. The third-order valence-corrected chi connectivity index (χ3v) is 4.55. The Hall–Kier alpha value is -0.820. The summed E-state index contributed by atoms with van der Waals surface area (Å²) < 4.78 is 0. The van der Waals surface area contributed by atoms with E-state index in [-0.39, 0.29) is 0 Å². The molecule has 0 heterocycles. The van der Waals surface area contributed by atoms with Gasteiger partial charge in [0.2, 0.25) is 0 Å². The molecule has 112 valence electrons. The SMILES string of the molecule is CCCCCCCCCCNC1CCc2ccccc21. The molecule has 1 aromatic rings. The second kappa shape index (κ2) is 9.18. The summed E-state index contributed by atoms with van der Waals surface area (Å²) in [4.78, 5) is 0. The molecule has 0 radical (unpaired) electrons. The van der Waals surface area contributed by atoms with Crippen LogP contribution in [0.3, 0.4) is 0 Å². The van der Waals surface area contributed by atoms with Gasteiger partial charge in [0.05, 0.1) is 0 Å². The summed E-state index contributed by atoms with van der Waals surface area (Å²) in [5.41, 5.74) is 3.10. The molecule has 1 aromatic carbocycles. The highest BCUT2D eigenvalue weighted by Crippen LogP contribution is 2.30. The molecule has 1 N–H and O–H groups in total. The van der Waals surface area contributed by atoms with Gasteiger partial charge in [-0.05, 0) is 36.9 Å². The van der Waals surface area contributed by atoms with Crippen molar-refractivity contribution in [3.05, 3.63) is 35.4 Å². The number of hydrogen-bond donors (Lipinski definition) is 1. The van der Waals surface area contributed by atoms with E-state index in [1.54, 1.807) is 11.1 Å². The molecule has 0 bridgehead atoms. The van der Waals surface area contributed by atoms with Crippen LogP contribution in [0.25, 0.3) is 0 Å². The van der Waals surface area contributed by atoms with Crippen molar-refractivity contribution < 1.29 is 0 Å². The number of aryl methyl sites for hydroxylation is 1. The van der Waals surface area contributed by atoms with Crippen molar-refractivity contribution >= 4 is 0 Å². The second-order valence-corrected chi connectivity index (χ2v) is 6.22. The Morgan fingerprint density at radius 1 is 0.950 bits per heavy atom. The van der Waals surface area contributed by atoms with Gasteiger partial charge in [-0.3, -0.25) is 0 Å². The van der Waals surface area contributed by atoms with E-state index < -0.39 is 0 Å². The summed E-state index contributed by atoms with van der Waals surface area (Å²) in [6.45, 7) is 3.47. The summed E-state index contributed by atoms with van der Waals surface area (Å²) >= 11 is 0. The van der Waals surface area contributed by atoms with Crippen LogP contribution in [0, 0.1) is 0 Å². The lowest BCUT2D eigenvalue weighted by Gasteiger charge is -2.13. The van der Waals surface area contributed by atoms with Crippen LogP contribution in [-0.2, 0) is 6.42 Å². The number of rotatable bonds is 10. The van der Waals surface area contributed by atoms with Gasteiger partial charge in [-0.2, -0.15) is 0 Å². The molecule has 0 aliphatic heterocycles. The Balaban J connectivity index is 1.50. The number of unbranched alkanes of at least 4 members (excludes halogenated alkanes) is 7. The monoisotopic (exact) mass is 273 g/mol. The van der Waals surface area contributed by atoms with Gasteiger partial charge < -0.3 is 5.32 Å². The lowest BCUT2D eigenvalue weighted by molar-refractivity contribution is 0.498. The topological polar surface area (TPSA) is 12.0 Å². The van der Waals surface area contributed by atoms with E-state index in [9.17, 15) is 0 Å². The van der Waals surface area contributed by atoms with Crippen LogP contribution in [0.5, 0.6) is 0 Å². The van der Waals surface area contributed by atoms with Crippen LogP contribution in [0.2, 0.25) is 0 Å². The first-order valence-corrected chi connectivity index (χ1v) is 8.73. The molecule has 1 heteroatoms. The number of hydrogen-bond acceptors (Lipinski definition) is 1. The van der Waals surface area contributed by atoms with Gasteiger partial charge in [0, 0.05) is 6.04 Å². The van der Waals surface area contributed by atoms with Crippen molar-refractivity contribution in [3.63, 3.8) is 0 Å². The molecule has 2 rings (SSSR count). The predicted octanol–water partition coefficient (Wildman–Crippen LogP) is 5.40. The summed E-state index contributed by atoms with van der Waals surface area (Å²) in [5.74, 6) is 0. The standard InChI is InChI=1S/C19H31N/c1-2-3-4-5-6-7-8-11-16-20-19-15-14-17-12-9-10-13-18(17)19/h9-10,12-13,19-20H,2-8,11,14-16H2,1H3. The van der Waals surface area contributed by atoms with Gasteiger partial charge in [0.1, 0.15) is 0 Å². The Morgan fingerprint density at radius 3 is 2.45 bits per heavy atom. The highest BCUT2D eigenvalue weighted by Gasteiger charge is 2.20. The maximum atomic E-state index is 3.75. The lowest BCUT2D eigenvalue weighted by Crippen LogP contribution is -2.20. The molecule has 0 saturated carbocycles. The molecule has 1 aliphatic rings. The van der Waals surface area contributed by atoms with E-state index >= 15 is 0 Å². The van der Waals surface area contributed by atoms with Gasteiger partial charge >= 0.3 is 0 Å². The van der Waals surface area contributed by atoms with Crippen LogP contribution in [0.1, 0.15) is 81.9 Å². The zero-order valence-corrected chi connectivity index (χ0v) is 13.2. The molecule has 0 amide bonds. The summed E-state index contributed by atoms with van der Waals surface area (Å²) in [7, 11) is 0. The van der Waals surface area contributed by atoms with Crippen molar-refractivity contribution in [2.24, 2.45) is 0 Å². The Morgan fingerprint density at radius 2 is 1.65 bits per heavy atom. The van der Waals surface area contributed by atoms with Crippen molar-refractivity contribution in [1.82, 2.24) is 5.32 Å². The number of nitrogens with one attached hydrogen (secondary N) is 1. The molecule has 0 spiro atoms. The highest BCUT2D eigenvalue weighted by atomic mass is 14.9. The van der Waals surface area contributed by atoms with E-state index in [4.69, 9.17) is 0 Å². The zero-order valence-electron chi connectivity index (χ0n) is 13.2. The smallest absolute Gasteiger partial charge is 0.0326 e. The van der Waals surface area contributed by atoms with Gasteiger partial charge in [-0.15, -0.1) is 0 Å². The van der Waals surface area contributed by atoms with Gasteiger partial charge in [-0.25, -0.2) is 0 Å². The minimum Gasteiger partial charge on any atom is -0.310 e. The lowest BCUT2D eigenvalue weighted by atomic mass is 10.1. The Labute approximate surface area is 125 Å². The van der Waals surface area contributed by atoms with Gasteiger partial charge in [0.15, 0.2) is 0 Å². The summed E-state index contributed by atoms with van der Waals surface area (Å²) in [6.07, 6.45) is 13.8. The minimum absolute atomic E-state index is 0.621. The first kappa shape index (κ1) is 15.6. The fourth-order valence-electron chi connectivity index (χ4n) is 3.30. The second-order valence-electron chi connectivity index (χ2n) is 6.22. The first-order chi connectivity index (χ1) is 9.92. The molecule has 1 unspecified atom stereocenters. The van der Waals surface area contributed by atoms with Crippen LogP contribution >= 0.6 is 0 Å². The largest absolute Gasteiger partial charge is 0.310 e. The van der Waals surface area contributed by atoms with Gasteiger partial charge in [-0.1, -0.05) is 76.1 Å². The van der Waals surface area contributed by atoms with E-state index in [0.717, 1.165) is 0 Å². The average molecular weight is 273 g/mol. The predicted molar refractivity (Wildman–Crippen MR) is 88.1 cm³/mol. The van der Waals surface area contributed by atoms with Crippen molar-refractivity contribution in [1.29, 1.82) is 0 Å². The van der Waals surface area contributed by atoms with E-state index in [1.165, 1.54) is 70.8 Å². The molecular formula is C19H31N. The van der Waals surface area contributed by atoms with Crippen molar-refractivity contribution in [2.45, 2.75) is 77.2 Å².